The van der Waals surface area contributed by atoms with Crippen LogP contribution in [0.15, 0.2) is 30.3 Å². The third kappa shape index (κ3) is 1.71. The Kier molecular flexibility index (Phi) is 2.59. The smallest absolute Gasteiger partial charge is 0.0324 e. The molecular weight excluding hydrogens is 206 g/mol. The van der Waals surface area contributed by atoms with E-state index in [0.29, 0.717) is 6.54 Å². The summed E-state index contributed by atoms with van der Waals surface area (Å²) >= 11 is 0. The highest BCUT2D eigenvalue weighted by atomic mass is 14.5. The van der Waals surface area contributed by atoms with E-state index in [-0.39, 0.29) is 0 Å². The van der Waals surface area contributed by atoms with Crippen LogP contribution in [0.5, 0.6) is 0 Å². The molecule has 0 saturated carbocycles. The molecule has 17 heavy (non-hydrogen) atoms. The molecule has 1 aliphatic carbocycles. The Hall–Kier alpha value is -1.78. The van der Waals surface area contributed by atoms with Gasteiger partial charge in [0.05, 0.1) is 0 Å². The first kappa shape index (κ1) is 10.4. The second-order valence-corrected chi connectivity index (χ2v) is 4.45. The van der Waals surface area contributed by atoms with Gasteiger partial charge in [0, 0.05) is 18.5 Å². The minimum Gasteiger partial charge on any atom is -0.330 e. The van der Waals surface area contributed by atoms with Gasteiger partial charge in [-0.2, -0.15) is 0 Å². The average Bonchev–Trinajstić information content (AvgIpc) is 2.78. The highest BCUT2D eigenvalue weighted by molar-refractivity contribution is 5.94. The van der Waals surface area contributed by atoms with Crippen molar-refractivity contribution in [2.75, 3.05) is 6.54 Å². The molecule has 2 aromatic rings. The minimum atomic E-state index is 0.633. The van der Waals surface area contributed by atoms with Crippen LogP contribution in [0.2, 0.25) is 0 Å². The number of benzene rings is 2. The van der Waals surface area contributed by atoms with E-state index in [2.05, 4.69) is 42.2 Å². The standard InChI is InChI=1S/C16H15N/c17-11-2-1-4-12-7-8-14-10-9-13-5-3-6-15(12)16(13)14/h3,5-8H,2,9-11,17H2. The zero-order valence-corrected chi connectivity index (χ0v) is 9.79. The molecule has 0 fully saturated rings. The summed E-state index contributed by atoms with van der Waals surface area (Å²) in [5, 5.41) is 2.74. The average molecular weight is 221 g/mol. The molecule has 0 saturated heterocycles. The van der Waals surface area contributed by atoms with Crippen LogP contribution >= 0.6 is 0 Å². The summed E-state index contributed by atoms with van der Waals surface area (Å²) in [6, 6.07) is 10.9. The number of aryl methyl sites for hydroxylation is 2. The molecule has 0 atom stereocenters. The van der Waals surface area contributed by atoms with Crippen LogP contribution in [0.4, 0.5) is 0 Å². The molecular formula is C16H15N. The van der Waals surface area contributed by atoms with Crippen molar-refractivity contribution in [1.82, 2.24) is 0 Å². The quantitative estimate of drug-likeness (QED) is 0.736. The van der Waals surface area contributed by atoms with E-state index in [1.165, 1.54) is 34.7 Å². The maximum Gasteiger partial charge on any atom is 0.0324 e. The van der Waals surface area contributed by atoms with Crippen molar-refractivity contribution in [3.63, 3.8) is 0 Å². The fourth-order valence-corrected chi connectivity index (χ4v) is 2.59. The Morgan fingerprint density at radius 3 is 2.71 bits per heavy atom. The van der Waals surface area contributed by atoms with Gasteiger partial charge in [-0.25, -0.2) is 0 Å². The van der Waals surface area contributed by atoms with Crippen LogP contribution in [-0.2, 0) is 12.8 Å². The van der Waals surface area contributed by atoms with E-state index >= 15 is 0 Å². The minimum absolute atomic E-state index is 0.633. The van der Waals surface area contributed by atoms with Gasteiger partial charge in [-0.1, -0.05) is 36.1 Å². The number of hydrogen-bond donors (Lipinski definition) is 1. The lowest BCUT2D eigenvalue weighted by atomic mass is 10.0. The maximum absolute atomic E-state index is 5.46. The third-order valence-electron chi connectivity index (χ3n) is 3.37. The first-order valence-corrected chi connectivity index (χ1v) is 6.12. The van der Waals surface area contributed by atoms with E-state index in [1.807, 2.05) is 0 Å². The molecule has 0 unspecified atom stereocenters. The van der Waals surface area contributed by atoms with E-state index < -0.39 is 0 Å². The highest BCUT2D eigenvalue weighted by Gasteiger charge is 2.14. The third-order valence-corrected chi connectivity index (χ3v) is 3.37. The van der Waals surface area contributed by atoms with Crippen LogP contribution in [0.3, 0.4) is 0 Å². The Labute approximate surface area is 102 Å². The van der Waals surface area contributed by atoms with Gasteiger partial charge in [0.1, 0.15) is 0 Å². The fourth-order valence-electron chi connectivity index (χ4n) is 2.59. The second-order valence-electron chi connectivity index (χ2n) is 4.45. The van der Waals surface area contributed by atoms with Gasteiger partial charge >= 0.3 is 0 Å². The summed E-state index contributed by atoms with van der Waals surface area (Å²) in [7, 11) is 0. The van der Waals surface area contributed by atoms with Crippen LogP contribution in [0.1, 0.15) is 23.1 Å². The van der Waals surface area contributed by atoms with Crippen molar-refractivity contribution >= 4 is 10.8 Å². The van der Waals surface area contributed by atoms with Crippen molar-refractivity contribution in [2.24, 2.45) is 5.73 Å². The van der Waals surface area contributed by atoms with Crippen molar-refractivity contribution in [3.05, 3.63) is 47.0 Å². The first-order chi connectivity index (χ1) is 8.40. The van der Waals surface area contributed by atoms with Crippen LogP contribution in [0, 0.1) is 11.8 Å². The van der Waals surface area contributed by atoms with Gasteiger partial charge in [0.2, 0.25) is 0 Å². The second kappa shape index (κ2) is 4.24. The molecule has 0 radical (unpaired) electrons. The molecule has 2 aromatic carbocycles. The van der Waals surface area contributed by atoms with Gasteiger partial charge < -0.3 is 5.73 Å². The summed E-state index contributed by atoms with van der Waals surface area (Å²) in [4.78, 5) is 0. The molecule has 0 spiro atoms. The molecule has 2 N–H and O–H groups in total. The topological polar surface area (TPSA) is 26.0 Å². The SMILES string of the molecule is NCCC#Cc1ccc2c3c(cccc13)CC2. The van der Waals surface area contributed by atoms with Crippen LogP contribution in [0.25, 0.3) is 10.8 Å². The van der Waals surface area contributed by atoms with Gasteiger partial charge in [-0.15, -0.1) is 0 Å². The van der Waals surface area contributed by atoms with E-state index in [1.54, 1.807) is 0 Å². The highest BCUT2D eigenvalue weighted by Crippen LogP contribution is 2.32. The number of hydrogen-bond acceptors (Lipinski definition) is 1. The van der Waals surface area contributed by atoms with Gasteiger partial charge in [0.25, 0.3) is 0 Å². The zero-order valence-electron chi connectivity index (χ0n) is 9.79. The van der Waals surface area contributed by atoms with Crippen LogP contribution in [-0.4, -0.2) is 6.54 Å². The normalized spacial score (nSPS) is 12.5. The lowest BCUT2D eigenvalue weighted by Crippen LogP contribution is -1.95. The molecule has 1 aliphatic rings. The molecule has 3 rings (SSSR count). The molecule has 0 aromatic heterocycles. The Balaban J connectivity index is 2.19. The lowest BCUT2D eigenvalue weighted by Gasteiger charge is -2.03. The predicted molar refractivity (Wildman–Crippen MR) is 71.9 cm³/mol. The van der Waals surface area contributed by atoms with Gasteiger partial charge in [-0.3, -0.25) is 0 Å². The van der Waals surface area contributed by atoms with Crippen molar-refractivity contribution < 1.29 is 0 Å². The summed E-state index contributed by atoms with van der Waals surface area (Å²) in [6.07, 6.45) is 3.11. The molecule has 1 nitrogen and oxygen atoms in total. The van der Waals surface area contributed by atoms with Gasteiger partial charge in [0.15, 0.2) is 0 Å². The molecule has 1 heteroatoms. The molecule has 0 heterocycles. The molecule has 84 valence electrons. The lowest BCUT2D eigenvalue weighted by molar-refractivity contribution is 1.02. The van der Waals surface area contributed by atoms with Gasteiger partial charge in [-0.05, 0) is 40.8 Å². The maximum atomic E-state index is 5.46. The monoisotopic (exact) mass is 221 g/mol. The summed E-state index contributed by atoms with van der Waals surface area (Å²) < 4.78 is 0. The number of rotatable bonds is 1. The van der Waals surface area contributed by atoms with E-state index in [9.17, 15) is 0 Å². The summed E-state index contributed by atoms with van der Waals surface area (Å²) in [5.41, 5.74) is 9.55. The van der Waals surface area contributed by atoms with Crippen molar-refractivity contribution in [1.29, 1.82) is 0 Å². The predicted octanol–water partition coefficient (Wildman–Crippen LogP) is 2.64. The first-order valence-electron chi connectivity index (χ1n) is 6.12. The van der Waals surface area contributed by atoms with E-state index in [0.717, 1.165) is 12.0 Å². The zero-order chi connectivity index (χ0) is 11.7. The Bertz CT molecular complexity index is 619. The summed E-state index contributed by atoms with van der Waals surface area (Å²) in [6.45, 7) is 0.633. The fraction of sp³-hybridized carbons (Fsp3) is 0.250. The molecule has 0 amide bonds. The molecule has 0 aliphatic heterocycles. The largest absolute Gasteiger partial charge is 0.330 e. The van der Waals surface area contributed by atoms with Crippen molar-refractivity contribution in [2.45, 2.75) is 19.3 Å². The Morgan fingerprint density at radius 2 is 1.88 bits per heavy atom. The van der Waals surface area contributed by atoms with Crippen molar-refractivity contribution in [3.8, 4) is 11.8 Å². The summed E-state index contributed by atoms with van der Waals surface area (Å²) in [5.74, 6) is 6.37. The molecule has 0 bridgehead atoms. The van der Waals surface area contributed by atoms with Crippen LogP contribution < -0.4 is 5.73 Å². The van der Waals surface area contributed by atoms with E-state index in [4.69, 9.17) is 5.73 Å². The number of nitrogens with two attached hydrogens (primary N) is 1. The Morgan fingerprint density at radius 1 is 1.06 bits per heavy atom.